The minimum absolute atomic E-state index is 0.0865. The number of nitrogens with one attached hydrogen (secondary N) is 1. The quantitative estimate of drug-likeness (QED) is 0.649. The zero-order valence-electron chi connectivity index (χ0n) is 15.7. The number of hydrogen-bond acceptors (Lipinski definition) is 2. The van der Waals surface area contributed by atoms with Crippen LogP contribution >= 0.6 is 0 Å². The molecule has 1 aliphatic rings. The van der Waals surface area contributed by atoms with Crippen LogP contribution in [0.4, 0.5) is 0 Å². The van der Waals surface area contributed by atoms with Crippen molar-refractivity contribution >= 4 is 17.7 Å². The highest BCUT2D eigenvalue weighted by atomic mass is 16.2. The first-order valence-electron chi connectivity index (χ1n) is 9.37. The number of carbonyl (C=O) groups excluding carboxylic acids is 1. The fourth-order valence-electron chi connectivity index (χ4n) is 3.26. The first-order chi connectivity index (χ1) is 13.7. The molecule has 3 aromatic rings. The molecule has 138 valence electrons. The van der Waals surface area contributed by atoms with E-state index in [1.807, 2.05) is 66.7 Å². The summed E-state index contributed by atoms with van der Waals surface area (Å²) in [6, 6.07) is 28.0. The molecule has 3 aromatic carbocycles. The van der Waals surface area contributed by atoms with Gasteiger partial charge in [-0.05, 0) is 35.8 Å². The van der Waals surface area contributed by atoms with E-state index in [4.69, 9.17) is 0 Å². The van der Waals surface area contributed by atoms with Crippen molar-refractivity contribution < 1.29 is 4.79 Å². The molecule has 3 nitrogen and oxygen atoms in total. The van der Waals surface area contributed by atoms with E-state index in [9.17, 15) is 4.79 Å². The lowest BCUT2D eigenvalue weighted by Crippen LogP contribution is -2.38. The average molecular weight is 366 g/mol. The number of hydrogen-bond donors (Lipinski definition) is 1. The maximum Gasteiger partial charge on any atom is 0.265 e. The summed E-state index contributed by atoms with van der Waals surface area (Å²) in [6.45, 7) is 2.06. The summed E-state index contributed by atoms with van der Waals surface area (Å²) in [6.07, 6.45) is 5.57. The first-order valence-corrected chi connectivity index (χ1v) is 9.37. The molecular formula is C25H22N2O. The Bertz CT molecular complexity index is 1010. The lowest BCUT2D eigenvalue weighted by Gasteiger charge is -2.24. The predicted octanol–water partition coefficient (Wildman–Crippen LogP) is 5.14. The highest BCUT2D eigenvalue weighted by molar-refractivity contribution is 5.93. The molecule has 4 rings (SSSR count). The number of amides is 1. The van der Waals surface area contributed by atoms with Crippen LogP contribution in [0.3, 0.4) is 0 Å². The van der Waals surface area contributed by atoms with Gasteiger partial charge < -0.3 is 0 Å². The van der Waals surface area contributed by atoms with Gasteiger partial charge in [-0.15, -0.1) is 0 Å². The van der Waals surface area contributed by atoms with Crippen molar-refractivity contribution in [1.29, 1.82) is 0 Å². The molecule has 0 saturated heterocycles. The number of benzene rings is 3. The topological polar surface area (TPSA) is 32.3 Å². The van der Waals surface area contributed by atoms with Crippen LogP contribution in [0.25, 0.3) is 11.8 Å². The Hall–Kier alpha value is -3.59. The molecule has 1 aliphatic heterocycles. The van der Waals surface area contributed by atoms with Crippen LogP contribution in [0, 0.1) is 6.92 Å². The number of rotatable bonds is 4. The van der Waals surface area contributed by atoms with Gasteiger partial charge in [0.1, 0.15) is 0 Å². The average Bonchev–Trinajstić information content (AvgIpc) is 3.19. The minimum atomic E-state index is -0.163. The molecular weight excluding hydrogens is 344 g/mol. The molecule has 0 unspecified atom stereocenters. The Kier molecular flexibility index (Phi) is 5.07. The Balaban J connectivity index is 1.63. The van der Waals surface area contributed by atoms with Crippen LogP contribution in [0.5, 0.6) is 0 Å². The summed E-state index contributed by atoms with van der Waals surface area (Å²) in [5.41, 5.74) is 8.57. The second-order valence-corrected chi connectivity index (χ2v) is 6.87. The van der Waals surface area contributed by atoms with Crippen molar-refractivity contribution in [3.05, 3.63) is 119 Å². The summed E-state index contributed by atoms with van der Waals surface area (Å²) in [5.74, 6) is -0.0865. The number of carbonyl (C=O) groups is 1. The van der Waals surface area contributed by atoms with E-state index >= 15 is 0 Å². The SMILES string of the molecule is Cc1ccc([C@H]2C=C(c3ccccc3)NN2C(=O)/C=C/c2ccccc2)cc1. The smallest absolute Gasteiger partial charge is 0.265 e. The van der Waals surface area contributed by atoms with Gasteiger partial charge in [0.25, 0.3) is 5.91 Å². The van der Waals surface area contributed by atoms with Gasteiger partial charge in [-0.1, -0.05) is 90.5 Å². The molecule has 1 heterocycles. The Morgan fingerprint density at radius 2 is 1.54 bits per heavy atom. The molecule has 0 bridgehead atoms. The van der Waals surface area contributed by atoms with Crippen LogP contribution in [0.2, 0.25) is 0 Å². The molecule has 1 N–H and O–H groups in total. The van der Waals surface area contributed by atoms with Gasteiger partial charge in [0.15, 0.2) is 0 Å². The van der Waals surface area contributed by atoms with Gasteiger partial charge in [0.05, 0.1) is 11.7 Å². The maximum atomic E-state index is 13.0. The lowest BCUT2D eigenvalue weighted by atomic mass is 10.0. The van der Waals surface area contributed by atoms with Crippen molar-refractivity contribution in [2.45, 2.75) is 13.0 Å². The van der Waals surface area contributed by atoms with Crippen LogP contribution in [-0.4, -0.2) is 10.9 Å². The third kappa shape index (κ3) is 3.89. The standard InChI is InChI=1S/C25H22N2O/c1-19-12-15-22(16-13-19)24-18-23(21-10-6-3-7-11-21)26-27(24)25(28)17-14-20-8-4-2-5-9-20/h2-18,24,26H,1H3/b17-14+/t24-/m1/s1. The monoisotopic (exact) mass is 366 g/mol. The van der Waals surface area contributed by atoms with E-state index in [1.54, 1.807) is 11.1 Å². The van der Waals surface area contributed by atoms with Gasteiger partial charge in [-0.25, -0.2) is 5.01 Å². The van der Waals surface area contributed by atoms with E-state index in [1.165, 1.54) is 5.56 Å². The molecule has 0 aromatic heterocycles. The summed E-state index contributed by atoms with van der Waals surface area (Å²) in [7, 11) is 0. The number of aryl methyl sites for hydroxylation is 1. The molecule has 28 heavy (non-hydrogen) atoms. The summed E-state index contributed by atoms with van der Waals surface area (Å²) < 4.78 is 0. The molecule has 1 amide bonds. The summed E-state index contributed by atoms with van der Waals surface area (Å²) in [4.78, 5) is 13.0. The molecule has 3 heteroatoms. The lowest BCUT2D eigenvalue weighted by molar-refractivity contribution is -0.129. The second kappa shape index (κ2) is 7.97. The largest absolute Gasteiger partial charge is 0.295 e. The van der Waals surface area contributed by atoms with Crippen LogP contribution in [0.1, 0.15) is 28.3 Å². The van der Waals surface area contributed by atoms with Crippen LogP contribution < -0.4 is 5.43 Å². The zero-order valence-corrected chi connectivity index (χ0v) is 15.7. The first kappa shape index (κ1) is 17.8. The van der Waals surface area contributed by atoms with E-state index in [0.717, 1.165) is 22.4 Å². The van der Waals surface area contributed by atoms with Crippen molar-refractivity contribution in [2.75, 3.05) is 0 Å². The van der Waals surface area contributed by atoms with Crippen molar-refractivity contribution in [2.24, 2.45) is 0 Å². The Labute approximate surface area is 165 Å². The van der Waals surface area contributed by atoms with Crippen LogP contribution in [0.15, 0.2) is 97.1 Å². The number of nitrogens with zero attached hydrogens (tertiary/aromatic N) is 1. The fraction of sp³-hybridized carbons (Fsp3) is 0.0800. The van der Waals surface area contributed by atoms with E-state index in [-0.39, 0.29) is 11.9 Å². The normalized spacial score (nSPS) is 16.1. The highest BCUT2D eigenvalue weighted by Gasteiger charge is 2.29. The Morgan fingerprint density at radius 1 is 0.893 bits per heavy atom. The van der Waals surface area contributed by atoms with Gasteiger partial charge in [-0.2, -0.15) is 0 Å². The van der Waals surface area contributed by atoms with Crippen molar-refractivity contribution in [3.8, 4) is 0 Å². The molecule has 0 spiro atoms. The molecule has 0 aliphatic carbocycles. The van der Waals surface area contributed by atoms with Gasteiger partial charge in [0, 0.05) is 6.08 Å². The van der Waals surface area contributed by atoms with E-state index in [2.05, 4.69) is 42.7 Å². The second-order valence-electron chi connectivity index (χ2n) is 6.87. The fourth-order valence-corrected chi connectivity index (χ4v) is 3.26. The van der Waals surface area contributed by atoms with E-state index < -0.39 is 0 Å². The molecule has 1 atom stereocenters. The third-order valence-electron chi connectivity index (χ3n) is 4.80. The molecule has 0 saturated carbocycles. The third-order valence-corrected chi connectivity index (χ3v) is 4.80. The van der Waals surface area contributed by atoms with Gasteiger partial charge in [-0.3, -0.25) is 10.2 Å². The number of hydrazine groups is 1. The minimum Gasteiger partial charge on any atom is -0.295 e. The maximum absolute atomic E-state index is 13.0. The summed E-state index contributed by atoms with van der Waals surface area (Å²) >= 11 is 0. The molecule has 0 radical (unpaired) electrons. The predicted molar refractivity (Wildman–Crippen MR) is 114 cm³/mol. The Morgan fingerprint density at radius 3 is 2.21 bits per heavy atom. The molecule has 0 fully saturated rings. The zero-order chi connectivity index (χ0) is 19.3. The van der Waals surface area contributed by atoms with Crippen molar-refractivity contribution in [1.82, 2.24) is 10.4 Å². The van der Waals surface area contributed by atoms with E-state index in [0.29, 0.717) is 0 Å². The highest BCUT2D eigenvalue weighted by Crippen LogP contribution is 2.31. The summed E-state index contributed by atoms with van der Waals surface area (Å²) in [5, 5.41) is 1.69. The van der Waals surface area contributed by atoms with Crippen molar-refractivity contribution in [3.63, 3.8) is 0 Å². The van der Waals surface area contributed by atoms with Gasteiger partial charge >= 0.3 is 0 Å². The van der Waals surface area contributed by atoms with Gasteiger partial charge in [0.2, 0.25) is 0 Å². The van der Waals surface area contributed by atoms with Crippen LogP contribution in [-0.2, 0) is 4.79 Å².